The second-order valence-electron chi connectivity index (χ2n) is 3.01. The highest BCUT2D eigenvalue weighted by Gasteiger charge is 2.04. The van der Waals surface area contributed by atoms with Crippen molar-refractivity contribution in [3.63, 3.8) is 0 Å². The number of halogens is 1. The Morgan fingerprint density at radius 3 is 2.79 bits per heavy atom. The molecule has 0 amide bonds. The van der Waals surface area contributed by atoms with Crippen LogP contribution >= 0.6 is 15.9 Å². The third-order valence-electron chi connectivity index (χ3n) is 1.84. The molecule has 2 heterocycles. The molecule has 0 unspecified atom stereocenters. The number of pyridine rings is 1. The zero-order valence-electron chi connectivity index (χ0n) is 7.61. The smallest absolute Gasteiger partial charge is 0.156 e. The van der Waals surface area contributed by atoms with Crippen molar-refractivity contribution in [1.82, 2.24) is 14.8 Å². The minimum absolute atomic E-state index is 0.633. The van der Waals surface area contributed by atoms with Gasteiger partial charge in [0, 0.05) is 10.7 Å². The monoisotopic (exact) mass is 252 g/mol. The molecule has 0 saturated heterocycles. The van der Waals surface area contributed by atoms with E-state index in [1.807, 2.05) is 13.0 Å². The third-order valence-corrected chi connectivity index (χ3v) is 2.27. The zero-order valence-corrected chi connectivity index (χ0v) is 9.19. The van der Waals surface area contributed by atoms with Crippen LogP contribution in [0.1, 0.15) is 5.56 Å². The lowest BCUT2D eigenvalue weighted by molar-refractivity contribution is 0.837. The fourth-order valence-electron chi connectivity index (χ4n) is 1.23. The first-order valence-corrected chi connectivity index (χ1v) is 4.89. The minimum Gasteiger partial charge on any atom is -0.396 e. The molecule has 4 nitrogen and oxygen atoms in total. The van der Waals surface area contributed by atoms with Crippen molar-refractivity contribution in [2.24, 2.45) is 0 Å². The number of hydrogen-bond acceptors (Lipinski definition) is 3. The number of hydrogen-bond donors (Lipinski definition) is 1. The van der Waals surface area contributed by atoms with Gasteiger partial charge in [0.25, 0.3) is 0 Å². The van der Waals surface area contributed by atoms with Crippen LogP contribution in [-0.4, -0.2) is 14.8 Å². The van der Waals surface area contributed by atoms with E-state index in [1.54, 1.807) is 23.3 Å². The first kappa shape index (κ1) is 9.21. The molecular weight excluding hydrogens is 244 g/mol. The minimum atomic E-state index is 0.633. The van der Waals surface area contributed by atoms with Crippen LogP contribution < -0.4 is 5.73 Å². The average Bonchev–Trinajstić information content (AvgIpc) is 2.51. The maximum Gasteiger partial charge on any atom is 0.156 e. The van der Waals surface area contributed by atoms with Crippen molar-refractivity contribution in [2.45, 2.75) is 6.92 Å². The van der Waals surface area contributed by atoms with Crippen molar-refractivity contribution in [2.75, 3.05) is 5.73 Å². The largest absolute Gasteiger partial charge is 0.396 e. The molecule has 14 heavy (non-hydrogen) atoms. The van der Waals surface area contributed by atoms with Crippen LogP contribution in [0, 0.1) is 6.92 Å². The number of nitrogens with two attached hydrogens (primary N) is 1. The summed E-state index contributed by atoms with van der Waals surface area (Å²) in [4.78, 5) is 4.26. The molecule has 2 N–H and O–H groups in total. The molecule has 0 fully saturated rings. The highest BCUT2D eigenvalue weighted by Crippen LogP contribution is 2.16. The van der Waals surface area contributed by atoms with E-state index in [4.69, 9.17) is 5.73 Å². The Labute approximate surface area is 89.9 Å². The van der Waals surface area contributed by atoms with Crippen molar-refractivity contribution in [3.05, 3.63) is 34.7 Å². The van der Waals surface area contributed by atoms with Gasteiger partial charge in [0.05, 0.1) is 18.1 Å². The van der Waals surface area contributed by atoms with Crippen LogP contribution in [0.15, 0.2) is 29.1 Å². The molecule has 0 aromatic carbocycles. The van der Waals surface area contributed by atoms with Gasteiger partial charge in [0.2, 0.25) is 0 Å². The molecule has 72 valence electrons. The first-order valence-electron chi connectivity index (χ1n) is 4.09. The molecule has 2 rings (SSSR count). The molecule has 5 heteroatoms. The van der Waals surface area contributed by atoms with Gasteiger partial charge in [0.1, 0.15) is 0 Å². The number of rotatable bonds is 1. The van der Waals surface area contributed by atoms with Gasteiger partial charge in [-0.1, -0.05) is 0 Å². The Hall–Kier alpha value is -1.36. The van der Waals surface area contributed by atoms with E-state index in [2.05, 4.69) is 26.0 Å². The molecule has 2 aromatic heterocycles. The predicted octanol–water partition coefficient (Wildman–Crippen LogP) is 1.92. The zero-order chi connectivity index (χ0) is 10.1. The lowest BCUT2D eigenvalue weighted by Gasteiger charge is -2.03. The number of aromatic nitrogens is 3. The van der Waals surface area contributed by atoms with Crippen LogP contribution in [0.25, 0.3) is 5.82 Å². The molecule has 0 aliphatic carbocycles. The lowest BCUT2D eigenvalue weighted by atomic mass is 10.3. The molecule has 0 bridgehead atoms. The van der Waals surface area contributed by atoms with Gasteiger partial charge in [-0.15, -0.1) is 0 Å². The summed E-state index contributed by atoms with van der Waals surface area (Å²) in [7, 11) is 0. The normalized spacial score (nSPS) is 10.4. The quantitative estimate of drug-likeness (QED) is 0.844. The molecule has 0 spiro atoms. The molecule has 0 atom stereocenters. The van der Waals surface area contributed by atoms with E-state index in [0.717, 1.165) is 15.9 Å². The molecule has 0 radical (unpaired) electrons. The third kappa shape index (κ3) is 1.63. The van der Waals surface area contributed by atoms with Gasteiger partial charge in [-0.05, 0) is 34.5 Å². The molecular formula is C9H9BrN4. The van der Waals surface area contributed by atoms with Crippen LogP contribution in [0.2, 0.25) is 0 Å². The van der Waals surface area contributed by atoms with E-state index in [1.165, 1.54) is 0 Å². The molecule has 0 aliphatic heterocycles. The van der Waals surface area contributed by atoms with Crippen LogP contribution in [-0.2, 0) is 0 Å². The van der Waals surface area contributed by atoms with Gasteiger partial charge >= 0.3 is 0 Å². The fraction of sp³-hybridized carbons (Fsp3) is 0.111. The Morgan fingerprint density at radius 2 is 2.21 bits per heavy atom. The molecule has 0 aliphatic rings. The Balaban J connectivity index is 2.52. The molecule has 2 aromatic rings. The van der Waals surface area contributed by atoms with Crippen molar-refractivity contribution in [1.29, 1.82) is 0 Å². The highest BCUT2D eigenvalue weighted by atomic mass is 79.9. The summed E-state index contributed by atoms with van der Waals surface area (Å²) in [5.41, 5.74) is 7.25. The number of aryl methyl sites for hydroxylation is 1. The summed E-state index contributed by atoms with van der Waals surface area (Å²) in [6, 6.07) is 1.99. The summed E-state index contributed by atoms with van der Waals surface area (Å²) < 4.78 is 2.62. The standard InChI is InChI=1S/C9H9BrN4/c1-6-2-7(10)3-12-9(6)14-5-8(11)4-13-14/h2-5H,11H2,1H3. The molecule has 0 saturated carbocycles. The highest BCUT2D eigenvalue weighted by molar-refractivity contribution is 9.10. The fourth-order valence-corrected chi connectivity index (χ4v) is 1.67. The SMILES string of the molecule is Cc1cc(Br)cnc1-n1cc(N)cn1. The maximum absolute atomic E-state index is 5.58. The summed E-state index contributed by atoms with van der Waals surface area (Å²) >= 11 is 3.36. The van der Waals surface area contributed by atoms with E-state index < -0.39 is 0 Å². The first-order chi connectivity index (χ1) is 6.66. The second-order valence-corrected chi connectivity index (χ2v) is 3.93. The predicted molar refractivity (Wildman–Crippen MR) is 58.2 cm³/mol. The van der Waals surface area contributed by atoms with Crippen molar-refractivity contribution >= 4 is 21.6 Å². The van der Waals surface area contributed by atoms with E-state index >= 15 is 0 Å². The van der Waals surface area contributed by atoms with Crippen LogP contribution in [0.4, 0.5) is 5.69 Å². The lowest BCUT2D eigenvalue weighted by Crippen LogP contribution is -2.00. The Bertz CT molecular complexity index is 464. The summed E-state index contributed by atoms with van der Waals surface area (Å²) in [5.74, 6) is 0.796. The average molecular weight is 253 g/mol. The van der Waals surface area contributed by atoms with E-state index in [9.17, 15) is 0 Å². The van der Waals surface area contributed by atoms with E-state index in [0.29, 0.717) is 5.69 Å². The second kappa shape index (κ2) is 3.42. The Kier molecular flexibility index (Phi) is 2.25. The van der Waals surface area contributed by atoms with Crippen molar-refractivity contribution < 1.29 is 0 Å². The van der Waals surface area contributed by atoms with Gasteiger partial charge in [-0.25, -0.2) is 9.67 Å². The summed E-state index contributed by atoms with van der Waals surface area (Å²) in [5, 5.41) is 4.09. The van der Waals surface area contributed by atoms with Crippen LogP contribution in [0.3, 0.4) is 0 Å². The van der Waals surface area contributed by atoms with Crippen LogP contribution in [0.5, 0.6) is 0 Å². The number of nitrogens with zero attached hydrogens (tertiary/aromatic N) is 3. The topological polar surface area (TPSA) is 56.7 Å². The van der Waals surface area contributed by atoms with Gasteiger partial charge in [0.15, 0.2) is 5.82 Å². The van der Waals surface area contributed by atoms with Gasteiger partial charge in [-0.2, -0.15) is 5.10 Å². The summed E-state index contributed by atoms with van der Waals surface area (Å²) in [6.07, 6.45) is 5.08. The summed E-state index contributed by atoms with van der Waals surface area (Å²) in [6.45, 7) is 1.98. The van der Waals surface area contributed by atoms with Crippen molar-refractivity contribution in [3.8, 4) is 5.82 Å². The number of anilines is 1. The number of nitrogen functional groups attached to an aromatic ring is 1. The van der Waals surface area contributed by atoms with E-state index in [-0.39, 0.29) is 0 Å². The van der Waals surface area contributed by atoms with Gasteiger partial charge in [-0.3, -0.25) is 0 Å². The maximum atomic E-state index is 5.58. The Morgan fingerprint density at radius 1 is 1.43 bits per heavy atom. The van der Waals surface area contributed by atoms with Gasteiger partial charge < -0.3 is 5.73 Å².